The third-order valence-corrected chi connectivity index (χ3v) is 9.30. The SMILES string of the molecule is CCC[C@H](O)C(=O)C[C@@H]1C[C@H](N)[C@@H](O[C@H]2OC(CN)=CC[C@H]2N)[C@H](O[C@@H]2O[C@H](CO)[C@@H](O[C@H]3O[C@@H](CN)[C@@H](O)[C@H](O)[C@H]3N)[C@H]2O)[C@H]1O. The molecular formula is C29H53N5O13. The number of nitrogens with two attached hydrogens (primary N) is 5. The Bertz CT molecular complexity index is 1040. The second-order valence-corrected chi connectivity index (χ2v) is 12.7. The van der Waals surface area contributed by atoms with Gasteiger partial charge >= 0.3 is 0 Å². The molecule has 3 heterocycles. The van der Waals surface area contributed by atoms with Gasteiger partial charge in [-0.3, -0.25) is 4.79 Å². The summed E-state index contributed by atoms with van der Waals surface area (Å²) in [6.07, 6.45) is -14.0. The molecule has 0 bridgehead atoms. The van der Waals surface area contributed by atoms with E-state index in [1.165, 1.54) is 0 Å². The van der Waals surface area contributed by atoms with Gasteiger partial charge in [-0.2, -0.15) is 0 Å². The maximum atomic E-state index is 12.8. The molecule has 0 spiro atoms. The van der Waals surface area contributed by atoms with E-state index in [-0.39, 0.29) is 32.4 Å². The average molecular weight is 680 g/mol. The Morgan fingerprint density at radius 3 is 2.19 bits per heavy atom. The molecule has 272 valence electrons. The van der Waals surface area contributed by atoms with Crippen LogP contribution in [0.4, 0.5) is 0 Å². The molecule has 0 aromatic carbocycles. The van der Waals surface area contributed by atoms with Crippen LogP contribution in [-0.4, -0.2) is 154 Å². The summed E-state index contributed by atoms with van der Waals surface area (Å²) in [6, 6.07) is -2.69. The van der Waals surface area contributed by atoms with Crippen molar-refractivity contribution in [2.75, 3.05) is 19.7 Å². The zero-order valence-electron chi connectivity index (χ0n) is 26.5. The van der Waals surface area contributed by atoms with Crippen LogP contribution < -0.4 is 28.7 Å². The number of aliphatic hydroxyl groups excluding tert-OH is 6. The van der Waals surface area contributed by atoms with Crippen molar-refractivity contribution in [1.82, 2.24) is 0 Å². The van der Waals surface area contributed by atoms with Crippen LogP contribution in [0.1, 0.15) is 39.0 Å². The summed E-state index contributed by atoms with van der Waals surface area (Å²) in [6.45, 7) is 1.11. The van der Waals surface area contributed by atoms with Crippen molar-refractivity contribution in [3.8, 4) is 0 Å². The Labute approximate surface area is 273 Å². The maximum Gasteiger partial charge on any atom is 0.215 e. The number of carbonyl (C=O) groups excluding carboxylic acids is 1. The van der Waals surface area contributed by atoms with Crippen LogP contribution in [0.15, 0.2) is 11.8 Å². The summed E-state index contributed by atoms with van der Waals surface area (Å²) in [5.41, 5.74) is 30.2. The lowest BCUT2D eigenvalue weighted by Crippen LogP contribution is -2.64. The van der Waals surface area contributed by atoms with Gasteiger partial charge in [0.05, 0.1) is 31.3 Å². The fourth-order valence-corrected chi connectivity index (χ4v) is 6.49. The number of hydrogen-bond donors (Lipinski definition) is 11. The molecular weight excluding hydrogens is 626 g/mol. The first kappa shape index (κ1) is 38.4. The molecule has 1 saturated carbocycles. The lowest BCUT2D eigenvalue weighted by Gasteiger charge is -2.46. The number of ketones is 1. The summed E-state index contributed by atoms with van der Waals surface area (Å²) >= 11 is 0. The first-order valence-corrected chi connectivity index (χ1v) is 16.2. The van der Waals surface area contributed by atoms with Crippen molar-refractivity contribution < 1.29 is 63.9 Å². The van der Waals surface area contributed by atoms with Crippen molar-refractivity contribution in [2.45, 2.75) is 137 Å². The van der Waals surface area contributed by atoms with Crippen molar-refractivity contribution in [2.24, 2.45) is 34.6 Å². The molecule has 16 N–H and O–H groups in total. The largest absolute Gasteiger partial charge is 0.467 e. The predicted octanol–water partition coefficient (Wildman–Crippen LogP) is -5.30. The number of hydrogen-bond acceptors (Lipinski definition) is 18. The van der Waals surface area contributed by atoms with Gasteiger partial charge in [0.15, 0.2) is 18.4 Å². The van der Waals surface area contributed by atoms with Crippen molar-refractivity contribution in [3.63, 3.8) is 0 Å². The molecule has 0 radical (unpaired) electrons. The normalized spacial score (nSPS) is 44.9. The number of Topliss-reactive ketones (excluding diaryl/α,β-unsaturated/α-hetero) is 1. The minimum atomic E-state index is -1.61. The second-order valence-electron chi connectivity index (χ2n) is 12.7. The summed E-state index contributed by atoms with van der Waals surface area (Å²) in [5, 5.41) is 63.9. The van der Waals surface area contributed by atoms with Gasteiger partial charge in [-0.05, 0) is 31.3 Å². The molecule has 47 heavy (non-hydrogen) atoms. The molecule has 0 amide bonds. The molecule has 1 aliphatic carbocycles. The fourth-order valence-electron chi connectivity index (χ4n) is 6.49. The van der Waals surface area contributed by atoms with E-state index < -0.39 is 116 Å². The minimum absolute atomic E-state index is 0.0958. The van der Waals surface area contributed by atoms with Crippen LogP contribution in [-0.2, 0) is 33.2 Å². The van der Waals surface area contributed by atoms with E-state index in [1.807, 2.05) is 6.92 Å². The molecule has 17 atom stereocenters. The second kappa shape index (κ2) is 17.0. The van der Waals surface area contributed by atoms with E-state index in [9.17, 15) is 35.4 Å². The highest BCUT2D eigenvalue weighted by Crippen LogP contribution is 2.37. The van der Waals surface area contributed by atoms with Gasteiger partial charge in [0.2, 0.25) is 6.29 Å². The Morgan fingerprint density at radius 2 is 1.55 bits per heavy atom. The van der Waals surface area contributed by atoms with Gasteiger partial charge < -0.3 is 87.7 Å². The van der Waals surface area contributed by atoms with Gasteiger partial charge in [-0.25, -0.2) is 0 Å². The van der Waals surface area contributed by atoms with Crippen LogP contribution in [0.2, 0.25) is 0 Å². The van der Waals surface area contributed by atoms with E-state index in [1.54, 1.807) is 6.08 Å². The van der Waals surface area contributed by atoms with Crippen molar-refractivity contribution in [3.05, 3.63) is 11.8 Å². The van der Waals surface area contributed by atoms with Crippen molar-refractivity contribution >= 4 is 5.78 Å². The predicted molar refractivity (Wildman–Crippen MR) is 161 cm³/mol. The molecule has 18 heteroatoms. The summed E-state index contributed by atoms with van der Waals surface area (Å²) in [7, 11) is 0. The number of ether oxygens (including phenoxy) is 6. The van der Waals surface area contributed by atoms with E-state index >= 15 is 0 Å². The van der Waals surface area contributed by atoms with Crippen molar-refractivity contribution in [1.29, 1.82) is 0 Å². The van der Waals surface area contributed by atoms with E-state index in [2.05, 4.69) is 0 Å². The van der Waals surface area contributed by atoms with Crippen LogP contribution in [0.25, 0.3) is 0 Å². The van der Waals surface area contributed by atoms with Gasteiger partial charge in [-0.15, -0.1) is 0 Å². The third-order valence-electron chi connectivity index (χ3n) is 9.30. The van der Waals surface area contributed by atoms with Crippen LogP contribution >= 0.6 is 0 Å². The highest BCUT2D eigenvalue weighted by Gasteiger charge is 2.54. The topological polar surface area (TPSA) is 324 Å². The molecule has 3 aliphatic heterocycles. The molecule has 4 rings (SSSR count). The fraction of sp³-hybridized carbons (Fsp3) is 0.897. The highest BCUT2D eigenvalue weighted by molar-refractivity contribution is 5.83. The Morgan fingerprint density at radius 1 is 0.894 bits per heavy atom. The molecule has 0 unspecified atom stereocenters. The van der Waals surface area contributed by atoms with Gasteiger partial charge in [0.25, 0.3) is 0 Å². The average Bonchev–Trinajstić information content (AvgIpc) is 3.35. The molecule has 0 aromatic rings. The van der Waals surface area contributed by atoms with Crippen LogP contribution in [0.5, 0.6) is 0 Å². The molecule has 0 aromatic heterocycles. The Balaban J connectivity index is 1.55. The van der Waals surface area contributed by atoms with E-state index in [4.69, 9.17) is 57.1 Å². The highest BCUT2D eigenvalue weighted by atomic mass is 16.8. The molecule has 3 fully saturated rings. The lowest BCUT2D eigenvalue weighted by molar-refractivity contribution is -0.283. The first-order chi connectivity index (χ1) is 22.3. The number of rotatable bonds is 14. The lowest BCUT2D eigenvalue weighted by atomic mass is 9.76. The third kappa shape index (κ3) is 8.66. The zero-order valence-corrected chi connectivity index (χ0v) is 26.5. The smallest absolute Gasteiger partial charge is 0.215 e. The quantitative estimate of drug-likeness (QED) is 0.0816. The zero-order chi connectivity index (χ0) is 34.6. The van der Waals surface area contributed by atoms with Gasteiger partial charge in [0.1, 0.15) is 60.7 Å². The monoisotopic (exact) mass is 679 g/mol. The van der Waals surface area contributed by atoms with Crippen LogP contribution in [0, 0.1) is 5.92 Å². The number of carbonyl (C=O) groups is 1. The standard InChI is InChI=1S/C29H53N5O13/c1-2-3-15(36)16(37)7-11-6-14(33)24(45-27-13(32)5-4-12(8-30)42-27)26(20(11)38)47-29-23(41)25(18(10-35)44-29)46-28-19(34)22(40)21(39)17(9-31)43-28/h4,11,13-15,17-29,35-36,38-41H,2-3,5-10,30-34H2,1H3/t11-,13+,14-,15-,17-,18+,19+,20-,21+,22+,23+,24+,25+,26+,27+,28+,29-/m0/s1. The Kier molecular flexibility index (Phi) is 13.9. The molecule has 18 nitrogen and oxygen atoms in total. The Hall–Kier alpha value is -1.43. The molecule has 2 saturated heterocycles. The van der Waals surface area contributed by atoms with Crippen LogP contribution in [0.3, 0.4) is 0 Å². The number of aliphatic hydroxyl groups is 6. The summed E-state index contributed by atoms with van der Waals surface area (Å²) in [4.78, 5) is 12.8. The minimum Gasteiger partial charge on any atom is -0.467 e. The van der Waals surface area contributed by atoms with Gasteiger partial charge in [-0.1, -0.05) is 13.3 Å². The summed E-state index contributed by atoms with van der Waals surface area (Å²) < 4.78 is 35.5. The van der Waals surface area contributed by atoms with Gasteiger partial charge in [0, 0.05) is 19.0 Å². The first-order valence-electron chi connectivity index (χ1n) is 16.2. The maximum absolute atomic E-state index is 12.8. The van der Waals surface area contributed by atoms with E-state index in [0.717, 1.165) is 0 Å². The molecule has 4 aliphatic rings. The summed E-state index contributed by atoms with van der Waals surface area (Å²) in [5.74, 6) is -0.775. The van der Waals surface area contributed by atoms with E-state index in [0.29, 0.717) is 18.6 Å².